The van der Waals surface area contributed by atoms with Gasteiger partial charge in [-0.1, -0.05) is 18.2 Å². The number of non-ortho nitro benzene ring substituents is 1. The maximum absolute atomic E-state index is 12.3. The summed E-state index contributed by atoms with van der Waals surface area (Å²) in [5, 5.41) is 13.8. The van der Waals surface area contributed by atoms with E-state index >= 15 is 0 Å². The van der Waals surface area contributed by atoms with Crippen LogP contribution in [0.25, 0.3) is 10.9 Å². The molecule has 2 aromatic carbocycles. The lowest BCUT2D eigenvalue weighted by Gasteiger charge is -2.07. The molecule has 8 nitrogen and oxygen atoms in total. The lowest BCUT2D eigenvalue weighted by Crippen LogP contribution is -2.23. The summed E-state index contributed by atoms with van der Waals surface area (Å²) in [5.41, 5.74) is 0.620. The van der Waals surface area contributed by atoms with Crippen LogP contribution >= 0.6 is 0 Å². The van der Waals surface area contributed by atoms with E-state index in [0.717, 1.165) is 0 Å². The van der Waals surface area contributed by atoms with Crippen molar-refractivity contribution < 1.29 is 9.72 Å². The molecule has 1 amide bonds. The van der Waals surface area contributed by atoms with Gasteiger partial charge in [0.1, 0.15) is 0 Å². The first-order valence-electron chi connectivity index (χ1n) is 7.53. The summed E-state index contributed by atoms with van der Waals surface area (Å²) in [6, 6.07) is 12.7. The van der Waals surface area contributed by atoms with Crippen LogP contribution in [0.3, 0.4) is 0 Å². The number of fused-ring (bicyclic) bond motifs is 1. The molecule has 0 unspecified atom stereocenters. The summed E-state index contributed by atoms with van der Waals surface area (Å²) in [4.78, 5) is 38.8. The first-order valence-corrected chi connectivity index (χ1v) is 7.53. The number of benzene rings is 2. The Morgan fingerprint density at radius 1 is 1.20 bits per heavy atom. The van der Waals surface area contributed by atoms with E-state index in [2.05, 4.69) is 10.3 Å². The van der Waals surface area contributed by atoms with Crippen molar-refractivity contribution in [3.8, 4) is 0 Å². The third-order valence-corrected chi connectivity index (χ3v) is 3.65. The van der Waals surface area contributed by atoms with Gasteiger partial charge in [0, 0.05) is 30.8 Å². The van der Waals surface area contributed by atoms with Crippen molar-refractivity contribution in [2.24, 2.45) is 0 Å². The third-order valence-electron chi connectivity index (χ3n) is 3.65. The van der Waals surface area contributed by atoms with Gasteiger partial charge >= 0.3 is 0 Å². The SMILES string of the molecule is O=C(CCn1cnc2ccccc2c1=O)Nc1cccc([N+](=O)[O-])c1. The minimum Gasteiger partial charge on any atom is -0.326 e. The molecular weight excluding hydrogens is 324 g/mol. The number of carbonyl (C=O) groups excluding carboxylic acids is 1. The van der Waals surface area contributed by atoms with Gasteiger partial charge in [0.2, 0.25) is 5.91 Å². The number of carbonyl (C=O) groups is 1. The molecule has 0 saturated carbocycles. The number of rotatable bonds is 5. The molecule has 3 aromatic rings. The second-order valence-electron chi connectivity index (χ2n) is 5.37. The van der Waals surface area contributed by atoms with Gasteiger partial charge in [0.05, 0.1) is 22.2 Å². The Bertz CT molecular complexity index is 1010. The van der Waals surface area contributed by atoms with Crippen LogP contribution < -0.4 is 10.9 Å². The van der Waals surface area contributed by atoms with Crippen LogP contribution in [0.4, 0.5) is 11.4 Å². The molecule has 1 heterocycles. The van der Waals surface area contributed by atoms with Gasteiger partial charge in [0.25, 0.3) is 11.2 Å². The molecule has 0 fully saturated rings. The first kappa shape index (κ1) is 16.3. The largest absolute Gasteiger partial charge is 0.326 e. The van der Waals surface area contributed by atoms with Gasteiger partial charge in [-0.25, -0.2) is 4.98 Å². The molecule has 126 valence electrons. The Morgan fingerprint density at radius 2 is 2.00 bits per heavy atom. The summed E-state index contributed by atoms with van der Waals surface area (Å²) < 4.78 is 1.37. The van der Waals surface area contributed by atoms with E-state index < -0.39 is 4.92 Å². The van der Waals surface area contributed by atoms with Crippen molar-refractivity contribution in [1.82, 2.24) is 9.55 Å². The molecule has 0 atom stereocenters. The summed E-state index contributed by atoms with van der Waals surface area (Å²) in [5.74, 6) is -0.347. The fourth-order valence-corrected chi connectivity index (χ4v) is 2.41. The minimum absolute atomic E-state index is 0.0443. The van der Waals surface area contributed by atoms with Gasteiger partial charge in [0.15, 0.2) is 0 Å². The highest BCUT2D eigenvalue weighted by Gasteiger charge is 2.09. The van der Waals surface area contributed by atoms with Gasteiger partial charge in [-0.05, 0) is 18.2 Å². The van der Waals surface area contributed by atoms with E-state index in [1.54, 1.807) is 30.3 Å². The Morgan fingerprint density at radius 3 is 2.80 bits per heavy atom. The first-order chi connectivity index (χ1) is 12.0. The Kier molecular flexibility index (Phi) is 4.51. The number of hydrogen-bond acceptors (Lipinski definition) is 5. The minimum atomic E-state index is -0.532. The topological polar surface area (TPSA) is 107 Å². The smallest absolute Gasteiger partial charge is 0.271 e. The van der Waals surface area contributed by atoms with Crippen molar-refractivity contribution in [3.63, 3.8) is 0 Å². The van der Waals surface area contributed by atoms with Crippen LogP contribution in [0.15, 0.2) is 59.7 Å². The van der Waals surface area contributed by atoms with Crippen molar-refractivity contribution in [3.05, 3.63) is 75.3 Å². The second kappa shape index (κ2) is 6.91. The van der Waals surface area contributed by atoms with Crippen molar-refractivity contribution >= 4 is 28.2 Å². The molecule has 0 bridgehead atoms. The van der Waals surface area contributed by atoms with Crippen LogP contribution in [-0.2, 0) is 11.3 Å². The highest BCUT2D eigenvalue weighted by atomic mass is 16.6. The molecule has 0 aliphatic carbocycles. The Hall–Kier alpha value is -3.55. The van der Waals surface area contributed by atoms with E-state index in [1.807, 2.05) is 0 Å². The summed E-state index contributed by atoms with van der Waals surface area (Å²) in [6.07, 6.45) is 1.45. The molecule has 1 N–H and O–H groups in total. The van der Waals surface area contributed by atoms with Crippen molar-refractivity contribution in [1.29, 1.82) is 0 Å². The number of para-hydroxylation sites is 1. The lowest BCUT2D eigenvalue weighted by molar-refractivity contribution is -0.384. The number of anilines is 1. The molecule has 0 saturated heterocycles. The Balaban J connectivity index is 1.68. The maximum Gasteiger partial charge on any atom is 0.271 e. The fourth-order valence-electron chi connectivity index (χ4n) is 2.41. The number of aromatic nitrogens is 2. The van der Waals surface area contributed by atoms with Gasteiger partial charge < -0.3 is 5.32 Å². The number of nitrogens with one attached hydrogen (secondary N) is 1. The molecular formula is C17H14N4O4. The highest BCUT2D eigenvalue weighted by Crippen LogP contribution is 2.17. The molecule has 0 aliphatic rings. The summed E-state index contributed by atoms with van der Waals surface area (Å²) in [7, 11) is 0. The van der Waals surface area contributed by atoms with Crippen LogP contribution in [0.5, 0.6) is 0 Å². The molecule has 1 aromatic heterocycles. The molecule has 3 rings (SSSR count). The number of nitro groups is 1. The lowest BCUT2D eigenvalue weighted by atomic mass is 10.2. The molecule has 0 radical (unpaired) electrons. The zero-order valence-corrected chi connectivity index (χ0v) is 13.1. The van der Waals surface area contributed by atoms with Gasteiger partial charge in [-0.15, -0.1) is 0 Å². The average molecular weight is 338 g/mol. The predicted octanol–water partition coefficient (Wildman–Crippen LogP) is 2.33. The van der Waals surface area contributed by atoms with Crippen molar-refractivity contribution in [2.75, 3.05) is 5.32 Å². The number of nitro benzene ring substituents is 1. The number of nitrogens with zero attached hydrogens (tertiary/aromatic N) is 3. The third kappa shape index (κ3) is 3.69. The highest BCUT2D eigenvalue weighted by molar-refractivity contribution is 5.91. The van der Waals surface area contributed by atoms with E-state index in [-0.39, 0.29) is 30.1 Å². The van der Waals surface area contributed by atoms with E-state index in [9.17, 15) is 19.7 Å². The quantitative estimate of drug-likeness (QED) is 0.567. The van der Waals surface area contributed by atoms with Crippen LogP contribution in [0.2, 0.25) is 0 Å². The predicted molar refractivity (Wildman–Crippen MR) is 92.3 cm³/mol. The van der Waals surface area contributed by atoms with E-state index in [4.69, 9.17) is 0 Å². The molecule has 8 heteroatoms. The average Bonchev–Trinajstić information content (AvgIpc) is 2.61. The maximum atomic E-state index is 12.3. The monoisotopic (exact) mass is 338 g/mol. The van der Waals surface area contributed by atoms with Crippen molar-refractivity contribution in [2.45, 2.75) is 13.0 Å². The molecule has 0 aliphatic heterocycles. The zero-order chi connectivity index (χ0) is 17.8. The Labute approximate surface area is 141 Å². The van der Waals surface area contributed by atoms with Crippen LogP contribution in [0.1, 0.15) is 6.42 Å². The van der Waals surface area contributed by atoms with Crippen LogP contribution in [0, 0.1) is 10.1 Å². The number of amides is 1. The van der Waals surface area contributed by atoms with Crippen LogP contribution in [-0.4, -0.2) is 20.4 Å². The van der Waals surface area contributed by atoms with E-state index in [1.165, 1.54) is 29.1 Å². The summed E-state index contributed by atoms with van der Waals surface area (Å²) >= 11 is 0. The van der Waals surface area contributed by atoms with Gasteiger partial charge in [-0.2, -0.15) is 0 Å². The summed E-state index contributed by atoms with van der Waals surface area (Å²) in [6.45, 7) is 0.164. The number of aryl methyl sites for hydroxylation is 1. The molecule has 0 spiro atoms. The second-order valence-corrected chi connectivity index (χ2v) is 5.37. The fraction of sp³-hybridized carbons (Fsp3) is 0.118. The number of hydrogen-bond donors (Lipinski definition) is 1. The normalized spacial score (nSPS) is 10.6. The van der Waals surface area contributed by atoms with E-state index in [0.29, 0.717) is 16.6 Å². The zero-order valence-electron chi connectivity index (χ0n) is 13.1. The molecule has 25 heavy (non-hydrogen) atoms. The van der Waals surface area contributed by atoms with Gasteiger partial charge in [-0.3, -0.25) is 24.3 Å². The standard InChI is InChI=1S/C17H14N4O4/c22-16(19-12-4-3-5-13(10-12)21(24)25)8-9-20-11-18-15-7-2-1-6-14(15)17(20)23/h1-7,10-11H,8-9H2,(H,19,22).